The van der Waals surface area contributed by atoms with Crippen LogP contribution < -0.4 is 10.6 Å². The van der Waals surface area contributed by atoms with Crippen LogP contribution in [0.25, 0.3) is 0 Å². The average Bonchev–Trinajstić information content (AvgIpc) is 2.37. The number of aliphatic imine (C=N–C) groups is 1. The third kappa shape index (κ3) is 7.32. The molecule has 0 atom stereocenters. The number of hydrogen-bond acceptors (Lipinski definition) is 1. The van der Waals surface area contributed by atoms with Crippen molar-refractivity contribution >= 4 is 29.9 Å². The highest BCUT2D eigenvalue weighted by Crippen LogP contribution is 1.99. The Morgan fingerprint density at radius 3 is 2.61 bits per heavy atom. The van der Waals surface area contributed by atoms with Crippen LogP contribution in [0.3, 0.4) is 0 Å². The van der Waals surface area contributed by atoms with E-state index >= 15 is 0 Å². The van der Waals surface area contributed by atoms with Gasteiger partial charge in [-0.2, -0.15) is 0 Å². The summed E-state index contributed by atoms with van der Waals surface area (Å²) in [6.07, 6.45) is 2.79. The summed E-state index contributed by atoms with van der Waals surface area (Å²) in [5, 5.41) is 6.37. The zero-order valence-corrected chi connectivity index (χ0v) is 13.2. The van der Waals surface area contributed by atoms with Crippen LogP contribution in [0.1, 0.15) is 12.5 Å². The van der Waals surface area contributed by atoms with E-state index in [4.69, 9.17) is 0 Å². The topological polar surface area (TPSA) is 36.4 Å². The van der Waals surface area contributed by atoms with Gasteiger partial charge in [-0.05, 0) is 18.9 Å². The number of guanidine groups is 1. The summed E-state index contributed by atoms with van der Waals surface area (Å²) in [5.41, 5.74) is 1.32. The van der Waals surface area contributed by atoms with Gasteiger partial charge in [-0.3, -0.25) is 4.99 Å². The fraction of sp³-hybridized carbons (Fsp3) is 0.357. The SMILES string of the molecule is C=CCNC(=NCCc1ccccc1)NCC.I. The summed E-state index contributed by atoms with van der Waals surface area (Å²) in [7, 11) is 0. The standard InChI is InChI=1S/C14H21N3.HI/c1-3-11-16-14(15-4-2)17-12-10-13-8-6-5-7-9-13;/h3,5-9H,1,4,10-12H2,2H3,(H2,15,16,17);1H. The van der Waals surface area contributed by atoms with E-state index in [9.17, 15) is 0 Å². The predicted octanol–water partition coefficient (Wildman–Crippen LogP) is 2.59. The number of benzene rings is 1. The molecule has 1 aromatic carbocycles. The third-order valence-corrected chi connectivity index (χ3v) is 2.27. The largest absolute Gasteiger partial charge is 0.357 e. The van der Waals surface area contributed by atoms with Gasteiger partial charge in [-0.25, -0.2) is 0 Å². The second-order valence-corrected chi connectivity index (χ2v) is 3.67. The maximum atomic E-state index is 4.49. The highest BCUT2D eigenvalue weighted by atomic mass is 127. The fourth-order valence-electron chi connectivity index (χ4n) is 1.45. The lowest BCUT2D eigenvalue weighted by atomic mass is 10.2. The molecule has 0 radical (unpaired) electrons. The summed E-state index contributed by atoms with van der Waals surface area (Å²) in [6.45, 7) is 8.12. The molecular weight excluding hydrogens is 337 g/mol. The highest BCUT2D eigenvalue weighted by Gasteiger charge is 1.94. The highest BCUT2D eigenvalue weighted by molar-refractivity contribution is 14.0. The summed E-state index contributed by atoms with van der Waals surface area (Å²) >= 11 is 0. The van der Waals surface area contributed by atoms with E-state index in [0.29, 0.717) is 0 Å². The van der Waals surface area contributed by atoms with Crippen molar-refractivity contribution in [1.82, 2.24) is 10.6 Å². The van der Waals surface area contributed by atoms with Crippen molar-refractivity contribution in [3.63, 3.8) is 0 Å². The Morgan fingerprint density at radius 2 is 2.00 bits per heavy atom. The van der Waals surface area contributed by atoms with E-state index in [-0.39, 0.29) is 24.0 Å². The van der Waals surface area contributed by atoms with Crippen LogP contribution in [0.5, 0.6) is 0 Å². The Balaban J connectivity index is 0.00000289. The second kappa shape index (κ2) is 11.1. The van der Waals surface area contributed by atoms with Crippen molar-refractivity contribution in [3.05, 3.63) is 48.6 Å². The first kappa shape index (κ1) is 17.0. The first-order chi connectivity index (χ1) is 8.36. The van der Waals surface area contributed by atoms with E-state index in [1.165, 1.54) is 5.56 Å². The molecule has 0 spiro atoms. The summed E-state index contributed by atoms with van der Waals surface area (Å²) in [5.74, 6) is 0.850. The maximum Gasteiger partial charge on any atom is 0.191 e. The molecule has 100 valence electrons. The molecule has 1 aromatic rings. The summed E-state index contributed by atoms with van der Waals surface area (Å²) in [4.78, 5) is 4.49. The molecule has 1 rings (SSSR count). The molecule has 0 unspecified atom stereocenters. The lowest BCUT2D eigenvalue weighted by Gasteiger charge is -2.09. The monoisotopic (exact) mass is 359 g/mol. The molecule has 0 heterocycles. The van der Waals surface area contributed by atoms with Crippen molar-refractivity contribution in [2.45, 2.75) is 13.3 Å². The normalized spacial score (nSPS) is 10.4. The van der Waals surface area contributed by atoms with Gasteiger partial charge in [0.05, 0.1) is 0 Å². The molecule has 3 nitrogen and oxygen atoms in total. The van der Waals surface area contributed by atoms with Crippen molar-refractivity contribution < 1.29 is 0 Å². The molecule has 18 heavy (non-hydrogen) atoms. The second-order valence-electron chi connectivity index (χ2n) is 3.67. The smallest absolute Gasteiger partial charge is 0.191 e. The molecule has 2 N–H and O–H groups in total. The van der Waals surface area contributed by atoms with Gasteiger partial charge in [0.25, 0.3) is 0 Å². The number of nitrogens with zero attached hydrogens (tertiary/aromatic N) is 1. The average molecular weight is 359 g/mol. The molecule has 0 aliphatic carbocycles. The van der Waals surface area contributed by atoms with E-state index < -0.39 is 0 Å². The summed E-state index contributed by atoms with van der Waals surface area (Å²) in [6, 6.07) is 10.4. The predicted molar refractivity (Wildman–Crippen MR) is 89.7 cm³/mol. The van der Waals surface area contributed by atoms with Crippen molar-refractivity contribution in [2.24, 2.45) is 4.99 Å². The zero-order chi connectivity index (χ0) is 12.3. The molecular formula is C14H22IN3. The maximum absolute atomic E-state index is 4.49. The van der Waals surface area contributed by atoms with Crippen LogP contribution in [-0.2, 0) is 6.42 Å². The molecule has 0 saturated heterocycles. The van der Waals surface area contributed by atoms with Gasteiger partial charge in [-0.1, -0.05) is 36.4 Å². The van der Waals surface area contributed by atoms with Gasteiger partial charge in [0.2, 0.25) is 0 Å². The molecule has 0 saturated carbocycles. The van der Waals surface area contributed by atoms with Crippen molar-refractivity contribution in [3.8, 4) is 0 Å². The first-order valence-electron chi connectivity index (χ1n) is 6.03. The van der Waals surface area contributed by atoms with Gasteiger partial charge in [0, 0.05) is 19.6 Å². The minimum atomic E-state index is 0. The minimum absolute atomic E-state index is 0. The molecule has 0 amide bonds. The van der Waals surface area contributed by atoms with E-state index in [1.54, 1.807) is 0 Å². The van der Waals surface area contributed by atoms with Gasteiger partial charge < -0.3 is 10.6 Å². The molecule has 0 aliphatic rings. The molecule has 0 aromatic heterocycles. The van der Waals surface area contributed by atoms with Crippen LogP contribution in [0.15, 0.2) is 48.0 Å². The number of nitrogens with one attached hydrogen (secondary N) is 2. The number of rotatable bonds is 6. The van der Waals surface area contributed by atoms with Crippen LogP contribution in [0.2, 0.25) is 0 Å². The Hall–Kier alpha value is -1.04. The van der Waals surface area contributed by atoms with Gasteiger partial charge in [0.15, 0.2) is 5.96 Å². The van der Waals surface area contributed by atoms with Crippen LogP contribution in [0.4, 0.5) is 0 Å². The Morgan fingerprint density at radius 1 is 1.28 bits per heavy atom. The van der Waals surface area contributed by atoms with E-state index in [1.807, 2.05) is 12.1 Å². The summed E-state index contributed by atoms with van der Waals surface area (Å²) < 4.78 is 0. The Labute approximate surface area is 127 Å². The minimum Gasteiger partial charge on any atom is -0.357 e. The Bertz CT molecular complexity index is 349. The lowest BCUT2D eigenvalue weighted by molar-refractivity contribution is 0.851. The van der Waals surface area contributed by atoms with Crippen LogP contribution in [-0.4, -0.2) is 25.6 Å². The van der Waals surface area contributed by atoms with Gasteiger partial charge in [-0.15, -0.1) is 30.6 Å². The molecule has 0 aliphatic heterocycles. The quantitative estimate of drug-likeness (QED) is 0.355. The van der Waals surface area contributed by atoms with Crippen molar-refractivity contribution in [2.75, 3.05) is 19.6 Å². The van der Waals surface area contributed by atoms with E-state index in [0.717, 1.165) is 32.0 Å². The number of halogens is 1. The molecule has 4 heteroatoms. The third-order valence-electron chi connectivity index (χ3n) is 2.27. The van der Waals surface area contributed by atoms with Gasteiger partial charge in [0.1, 0.15) is 0 Å². The Kier molecular flexibility index (Phi) is 10.4. The lowest BCUT2D eigenvalue weighted by Crippen LogP contribution is -2.37. The molecule has 0 fully saturated rings. The van der Waals surface area contributed by atoms with Gasteiger partial charge >= 0.3 is 0 Å². The van der Waals surface area contributed by atoms with E-state index in [2.05, 4.69) is 53.4 Å². The van der Waals surface area contributed by atoms with Crippen LogP contribution >= 0.6 is 24.0 Å². The molecule has 0 bridgehead atoms. The fourth-order valence-corrected chi connectivity index (χ4v) is 1.45. The van der Waals surface area contributed by atoms with Crippen molar-refractivity contribution in [1.29, 1.82) is 0 Å². The first-order valence-corrected chi connectivity index (χ1v) is 6.03. The number of hydrogen-bond donors (Lipinski definition) is 2. The zero-order valence-electron chi connectivity index (χ0n) is 10.9. The van der Waals surface area contributed by atoms with Crippen LogP contribution in [0, 0.1) is 0 Å².